The number of nitrogens with zero attached hydrogens (tertiary/aromatic N) is 1. The van der Waals surface area contributed by atoms with Crippen LogP contribution in [-0.4, -0.2) is 41.9 Å². The van der Waals surface area contributed by atoms with Gasteiger partial charge in [0.05, 0.1) is 0 Å². The van der Waals surface area contributed by atoms with Gasteiger partial charge in [0.1, 0.15) is 12.1 Å². The average molecular weight is 332 g/mol. The van der Waals surface area contributed by atoms with Crippen molar-refractivity contribution < 1.29 is 19.2 Å². The number of carbonyl (C=O) groups excluding carboxylic acids is 4. The fourth-order valence-electron chi connectivity index (χ4n) is 2.65. The number of hydrogen-bond donors (Lipinski definition) is 3. The average Bonchev–Trinajstić information content (AvgIpc) is 2.81. The van der Waals surface area contributed by atoms with Crippen LogP contribution in [0.25, 0.3) is 0 Å². The Kier molecular flexibility index (Phi) is 5.18. The van der Waals surface area contributed by atoms with Crippen molar-refractivity contribution in [2.24, 2.45) is 0 Å². The summed E-state index contributed by atoms with van der Waals surface area (Å²) < 4.78 is 0. The van der Waals surface area contributed by atoms with Crippen molar-refractivity contribution in [1.29, 1.82) is 0 Å². The van der Waals surface area contributed by atoms with E-state index < -0.39 is 36.0 Å². The summed E-state index contributed by atoms with van der Waals surface area (Å²) in [4.78, 5) is 49.0. The fourth-order valence-corrected chi connectivity index (χ4v) is 2.65. The molecule has 8 nitrogen and oxygen atoms in total. The van der Waals surface area contributed by atoms with Gasteiger partial charge in [-0.25, -0.2) is 9.59 Å². The molecule has 0 spiro atoms. The van der Waals surface area contributed by atoms with E-state index in [1.165, 1.54) is 0 Å². The highest BCUT2D eigenvalue weighted by Crippen LogP contribution is 2.32. The normalized spacial score (nSPS) is 19.8. The van der Waals surface area contributed by atoms with Gasteiger partial charge in [0, 0.05) is 6.54 Å². The maximum absolute atomic E-state index is 12.8. The molecule has 8 heteroatoms. The zero-order valence-corrected chi connectivity index (χ0v) is 13.6. The van der Waals surface area contributed by atoms with Crippen molar-refractivity contribution in [2.75, 3.05) is 13.1 Å². The van der Waals surface area contributed by atoms with Crippen molar-refractivity contribution in [3.8, 4) is 0 Å². The van der Waals surface area contributed by atoms with E-state index in [0.29, 0.717) is 18.5 Å². The van der Waals surface area contributed by atoms with Crippen LogP contribution >= 0.6 is 0 Å². The Morgan fingerprint density at radius 3 is 2.42 bits per heavy atom. The van der Waals surface area contributed by atoms with Gasteiger partial charge in [-0.1, -0.05) is 37.3 Å². The fraction of sp³-hybridized carbons (Fsp3) is 0.375. The maximum Gasteiger partial charge on any atom is 0.325 e. The third-order valence-corrected chi connectivity index (χ3v) is 3.86. The monoisotopic (exact) mass is 332 g/mol. The zero-order chi connectivity index (χ0) is 17.7. The van der Waals surface area contributed by atoms with E-state index in [1.54, 1.807) is 38.1 Å². The van der Waals surface area contributed by atoms with Gasteiger partial charge in [0.25, 0.3) is 5.91 Å². The van der Waals surface area contributed by atoms with Crippen LogP contribution in [0.3, 0.4) is 0 Å². The van der Waals surface area contributed by atoms with E-state index in [0.717, 1.165) is 4.90 Å². The summed E-state index contributed by atoms with van der Waals surface area (Å²) in [5, 5.41) is 7.15. The van der Waals surface area contributed by atoms with Crippen molar-refractivity contribution >= 4 is 23.9 Å². The molecule has 1 aromatic rings. The highest BCUT2D eigenvalue weighted by Gasteiger charge is 2.51. The molecule has 128 valence electrons. The molecule has 1 fully saturated rings. The molecule has 0 bridgehead atoms. The molecule has 0 radical (unpaired) electrons. The largest absolute Gasteiger partial charge is 0.338 e. The molecular weight excluding hydrogens is 312 g/mol. The molecule has 1 aliphatic rings. The van der Waals surface area contributed by atoms with E-state index in [1.807, 2.05) is 6.07 Å². The Labute approximate surface area is 139 Å². The lowest BCUT2D eigenvalue weighted by molar-refractivity contribution is -0.135. The Morgan fingerprint density at radius 1 is 1.17 bits per heavy atom. The lowest BCUT2D eigenvalue weighted by Gasteiger charge is -2.25. The van der Waals surface area contributed by atoms with Crippen molar-refractivity contribution in [1.82, 2.24) is 20.9 Å². The smallest absolute Gasteiger partial charge is 0.325 e. The minimum atomic E-state index is -1.19. The number of rotatable bonds is 5. The van der Waals surface area contributed by atoms with Gasteiger partial charge in [-0.2, -0.15) is 0 Å². The van der Waals surface area contributed by atoms with Gasteiger partial charge in [-0.05, 0) is 18.9 Å². The molecule has 1 aliphatic heterocycles. The van der Waals surface area contributed by atoms with Gasteiger partial charge in [0.15, 0.2) is 0 Å². The number of urea groups is 2. The second kappa shape index (κ2) is 7.12. The van der Waals surface area contributed by atoms with Crippen LogP contribution in [-0.2, 0) is 15.1 Å². The lowest BCUT2D eigenvalue weighted by atomic mass is 9.87. The molecule has 0 aromatic heterocycles. The molecule has 1 unspecified atom stereocenters. The molecule has 1 heterocycles. The van der Waals surface area contributed by atoms with Crippen LogP contribution in [0.1, 0.15) is 25.8 Å². The number of amides is 6. The summed E-state index contributed by atoms with van der Waals surface area (Å²) in [6.07, 6.45) is 0.343. The Hall–Kier alpha value is -2.90. The first kappa shape index (κ1) is 17.5. The number of hydrogen-bond acceptors (Lipinski definition) is 4. The first-order chi connectivity index (χ1) is 11.4. The summed E-state index contributed by atoms with van der Waals surface area (Å²) in [5.41, 5.74) is -0.540. The Morgan fingerprint density at radius 2 is 1.83 bits per heavy atom. The minimum Gasteiger partial charge on any atom is -0.338 e. The third kappa shape index (κ3) is 3.22. The van der Waals surface area contributed by atoms with Crippen LogP contribution in [0, 0.1) is 0 Å². The van der Waals surface area contributed by atoms with Gasteiger partial charge in [-0.15, -0.1) is 0 Å². The summed E-state index contributed by atoms with van der Waals surface area (Å²) >= 11 is 0. The van der Waals surface area contributed by atoms with E-state index >= 15 is 0 Å². The van der Waals surface area contributed by atoms with Gasteiger partial charge in [-0.3, -0.25) is 19.8 Å². The molecule has 6 amide bonds. The summed E-state index contributed by atoms with van der Waals surface area (Å²) in [6, 6.07) is 7.54. The van der Waals surface area contributed by atoms with Crippen molar-refractivity contribution in [2.45, 2.75) is 25.8 Å². The number of imide groups is 2. The molecule has 24 heavy (non-hydrogen) atoms. The highest BCUT2D eigenvalue weighted by molar-refractivity contribution is 6.10. The van der Waals surface area contributed by atoms with E-state index in [9.17, 15) is 19.2 Å². The standard InChI is InChI=1S/C16H20N4O4/c1-3-16(11-8-6-5-7-9-11)13(22)20(15(24)19-16)10-12(21)18-14(23)17-4-2/h5-9H,3-4,10H2,1-2H3,(H,19,24)(H2,17,18,21,23). The molecule has 2 rings (SSSR count). The van der Waals surface area contributed by atoms with E-state index in [4.69, 9.17) is 0 Å². The second-order valence-corrected chi connectivity index (χ2v) is 5.35. The second-order valence-electron chi connectivity index (χ2n) is 5.35. The van der Waals surface area contributed by atoms with Crippen LogP contribution in [0.5, 0.6) is 0 Å². The topological polar surface area (TPSA) is 108 Å². The number of benzene rings is 1. The SMILES string of the molecule is CCNC(=O)NC(=O)CN1C(=O)NC(CC)(c2ccccc2)C1=O. The molecule has 1 saturated heterocycles. The Balaban J connectivity index is 2.16. The molecule has 1 aromatic carbocycles. The van der Waals surface area contributed by atoms with Crippen molar-refractivity contribution in [3.05, 3.63) is 35.9 Å². The summed E-state index contributed by atoms with van der Waals surface area (Å²) in [5.74, 6) is -1.24. The van der Waals surface area contributed by atoms with Gasteiger partial charge >= 0.3 is 12.1 Å². The first-order valence-corrected chi connectivity index (χ1v) is 7.72. The number of carbonyl (C=O) groups is 4. The first-order valence-electron chi connectivity index (χ1n) is 7.72. The molecule has 0 aliphatic carbocycles. The zero-order valence-electron chi connectivity index (χ0n) is 13.6. The van der Waals surface area contributed by atoms with E-state index in [-0.39, 0.29) is 0 Å². The summed E-state index contributed by atoms with van der Waals surface area (Å²) in [7, 11) is 0. The molecule has 1 atom stereocenters. The number of nitrogens with one attached hydrogen (secondary N) is 3. The molecule has 3 N–H and O–H groups in total. The molecule has 0 saturated carbocycles. The van der Waals surface area contributed by atoms with E-state index in [2.05, 4.69) is 16.0 Å². The van der Waals surface area contributed by atoms with Crippen LogP contribution in [0.4, 0.5) is 9.59 Å². The van der Waals surface area contributed by atoms with Crippen LogP contribution in [0.15, 0.2) is 30.3 Å². The highest BCUT2D eigenvalue weighted by atomic mass is 16.2. The minimum absolute atomic E-state index is 0.343. The van der Waals surface area contributed by atoms with Crippen LogP contribution < -0.4 is 16.0 Å². The van der Waals surface area contributed by atoms with Gasteiger partial charge in [0.2, 0.25) is 5.91 Å². The predicted octanol–water partition coefficient (Wildman–Crippen LogP) is 0.689. The van der Waals surface area contributed by atoms with Crippen LogP contribution in [0.2, 0.25) is 0 Å². The third-order valence-electron chi connectivity index (χ3n) is 3.86. The quantitative estimate of drug-likeness (QED) is 0.689. The summed E-state index contributed by atoms with van der Waals surface area (Å²) in [6.45, 7) is 3.33. The molecular formula is C16H20N4O4. The van der Waals surface area contributed by atoms with Gasteiger partial charge < -0.3 is 10.6 Å². The Bertz CT molecular complexity index is 661. The van der Waals surface area contributed by atoms with Crippen molar-refractivity contribution in [3.63, 3.8) is 0 Å². The predicted molar refractivity (Wildman–Crippen MR) is 85.9 cm³/mol. The maximum atomic E-state index is 12.8. The lowest BCUT2D eigenvalue weighted by Crippen LogP contribution is -2.47.